The number of nitrogens with zero attached hydrogens (tertiary/aromatic N) is 1. The van der Waals surface area contributed by atoms with Gasteiger partial charge in [0.1, 0.15) is 6.04 Å². The number of hydrogen-bond donors (Lipinski definition) is 2. The van der Waals surface area contributed by atoms with Crippen molar-refractivity contribution < 1.29 is 14.8 Å². The summed E-state index contributed by atoms with van der Waals surface area (Å²) in [4.78, 5) is 21.2. The van der Waals surface area contributed by atoms with Crippen molar-refractivity contribution in [3.63, 3.8) is 0 Å². The zero-order valence-corrected chi connectivity index (χ0v) is 9.52. The minimum atomic E-state index is -0.932. The number of aliphatic carboxylic acids is 1. The van der Waals surface area contributed by atoms with Crippen LogP contribution in [0.25, 0.3) is 0 Å². The Morgan fingerprint density at radius 1 is 1.53 bits per heavy atom. The zero-order valence-electron chi connectivity index (χ0n) is 8.70. The average Bonchev–Trinajstić information content (AvgIpc) is 2.78. The highest BCUT2D eigenvalue weighted by atomic mass is 32.2. The van der Waals surface area contributed by atoms with Gasteiger partial charge >= 0.3 is 5.97 Å². The molecule has 0 bridgehead atoms. The first-order valence-corrected chi connectivity index (χ1v) is 5.98. The van der Waals surface area contributed by atoms with Crippen molar-refractivity contribution in [1.29, 1.82) is 0 Å². The van der Waals surface area contributed by atoms with Crippen molar-refractivity contribution in [1.82, 2.24) is 5.32 Å². The van der Waals surface area contributed by atoms with Gasteiger partial charge in [-0.1, -0.05) is 12.1 Å². The van der Waals surface area contributed by atoms with E-state index in [9.17, 15) is 14.9 Å². The molecule has 1 aliphatic heterocycles. The third kappa shape index (κ3) is 2.40. The topological polar surface area (TPSA) is 92.5 Å². The summed E-state index contributed by atoms with van der Waals surface area (Å²) in [5, 5.41) is 22.2. The van der Waals surface area contributed by atoms with Gasteiger partial charge in [-0.15, -0.1) is 11.8 Å². The second kappa shape index (κ2) is 4.72. The quantitative estimate of drug-likeness (QED) is 0.625. The zero-order chi connectivity index (χ0) is 12.4. The number of nitro benzene ring substituents is 1. The first kappa shape index (κ1) is 11.9. The van der Waals surface area contributed by atoms with Crippen molar-refractivity contribution in [2.45, 2.75) is 11.4 Å². The molecular weight excluding hydrogens is 244 g/mol. The fourth-order valence-corrected chi connectivity index (χ4v) is 2.93. The maximum Gasteiger partial charge on any atom is 0.321 e. The Morgan fingerprint density at radius 3 is 2.82 bits per heavy atom. The minimum absolute atomic E-state index is 0.0172. The Balaban J connectivity index is 2.24. The summed E-state index contributed by atoms with van der Waals surface area (Å²) in [6, 6.07) is 5.72. The number of carboxylic acid groups (broad SMARTS) is 1. The fourth-order valence-electron chi connectivity index (χ4n) is 1.67. The molecule has 0 aromatic heterocycles. The van der Waals surface area contributed by atoms with E-state index in [-0.39, 0.29) is 11.1 Å². The largest absolute Gasteiger partial charge is 0.480 e. The SMILES string of the molecule is O=C(O)[C@H]1CSC(c2ccccc2[N+](=O)[O-])N1. The Labute approximate surface area is 101 Å². The molecule has 0 saturated carbocycles. The minimum Gasteiger partial charge on any atom is -0.480 e. The molecule has 1 aromatic rings. The molecular formula is C10H10N2O4S. The van der Waals surface area contributed by atoms with E-state index in [4.69, 9.17) is 5.11 Å². The summed E-state index contributed by atoms with van der Waals surface area (Å²) < 4.78 is 0. The number of nitrogens with one attached hydrogen (secondary N) is 1. The maximum atomic E-state index is 10.8. The van der Waals surface area contributed by atoms with Crippen LogP contribution < -0.4 is 5.32 Å². The number of para-hydroxylation sites is 1. The molecule has 1 unspecified atom stereocenters. The van der Waals surface area contributed by atoms with Gasteiger partial charge in [0.25, 0.3) is 5.69 Å². The second-order valence-electron chi connectivity index (χ2n) is 3.59. The van der Waals surface area contributed by atoms with E-state index >= 15 is 0 Å². The van der Waals surface area contributed by atoms with Crippen molar-refractivity contribution in [3.8, 4) is 0 Å². The van der Waals surface area contributed by atoms with Gasteiger partial charge in [-0.3, -0.25) is 20.2 Å². The first-order valence-electron chi connectivity index (χ1n) is 4.93. The normalized spacial score (nSPS) is 23.5. The molecule has 1 aromatic carbocycles. The molecule has 17 heavy (non-hydrogen) atoms. The Kier molecular flexibility index (Phi) is 3.30. The van der Waals surface area contributed by atoms with Crippen molar-refractivity contribution in [2.75, 3.05) is 5.75 Å². The van der Waals surface area contributed by atoms with Gasteiger partial charge in [0.05, 0.1) is 15.9 Å². The van der Waals surface area contributed by atoms with Crippen LogP contribution in [0.2, 0.25) is 0 Å². The molecule has 1 fully saturated rings. The third-order valence-corrected chi connectivity index (χ3v) is 3.75. The van der Waals surface area contributed by atoms with Gasteiger partial charge in [0.15, 0.2) is 0 Å². The van der Waals surface area contributed by atoms with E-state index in [1.807, 2.05) is 0 Å². The third-order valence-electron chi connectivity index (χ3n) is 2.50. The first-order chi connectivity index (χ1) is 8.09. The molecule has 7 heteroatoms. The molecule has 90 valence electrons. The van der Waals surface area contributed by atoms with E-state index in [0.29, 0.717) is 11.3 Å². The van der Waals surface area contributed by atoms with Crippen molar-refractivity contribution in [3.05, 3.63) is 39.9 Å². The second-order valence-corrected chi connectivity index (χ2v) is 4.72. The number of thioether (sulfide) groups is 1. The number of nitro groups is 1. The Hall–Kier alpha value is -1.60. The van der Waals surface area contributed by atoms with E-state index in [1.165, 1.54) is 17.8 Å². The van der Waals surface area contributed by atoms with E-state index in [2.05, 4.69) is 5.32 Å². The molecule has 0 spiro atoms. The summed E-state index contributed by atoms with van der Waals surface area (Å²) in [7, 11) is 0. The molecule has 6 nitrogen and oxygen atoms in total. The molecule has 2 N–H and O–H groups in total. The van der Waals surface area contributed by atoms with E-state index in [1.54, 1.807) is 18.2 Å². The highest BCUT2D eigenvalue weighted by molar-refractivity contribution is 7.99. The van der Waals surface area contributed by atoms with Crippen LogP contribution in [-0.2, 0) is 4.79 Å². The van der Waals surface area contributed by atoms with Gasteiger partial charge in [0, 0.05) is 11.8 Å². The molecule has 0 radical (unpaired) electrons. The van der Waals surface area contributed by atoms with E-state index < -0.39 is 16.9 Å². The lowest BCUT2D eigenvalue weighted by atomic mass is 10.1. The summed E-state index contributed by atoms with van der Waals surface area (Å²) >= 11 is 1.37. The fraction of sp³-hybridized carbons (Fsp3) is 0.300. The predicted octanol–water partition coefficient (Wildman–Crippen LogP) is 1.38. The average molecular weight is 254 g/mol. The maximum absolute atomic E-state index is 10.8. The van der Waals surface area contributed by atoms with E-state index in [0.717, 1.165) is 0 Å². The standard InChI is InChI=1S/C10H10N2O4S/c13-10(14)7-5-17-9(11-7)6-3-1-2-4-8(6)12(15)16/h1-4,7,9,11H,5H2,(H,13,14)/t7-,9?/m1/s1. The predicted molar refractivity (Wildman–Crippen MR) is 62.9 cm³/mol. The van der Waals surface area contributed by atoms with Crippen LogP contribution in [0.5, 0.6) is 0 Å². The number of carboxylic acids is 1. The highest BCUT2D eigenvalue weighted by Gasteiger charge is 2.33. The van der Waals surface area contributed by atoms with Crippen LogP contribution in [0.3, 0.4) is 0 Å². The number of benzene rings is 1. The van der Waals surface area contributed by atoms with Gasteiger partial charge in [-0.05, 0) is 6.07 Å². The number of hydrogen-bond acceptors (Lipinski definition) is 5. The van der Waals surface area contributed by atoms with Crippen molar-refractivity contribution in [2.24, 2.45) is 0 Å². The highest BCUT2D eigenvalue weighted by Crippen LogP contribution is 2.37. The molecule has 1 saturated heterocycles. The van der Waals surface area contributed by atoms with Gasteiger partial charge in [0.2, 0.25) is 0 Å². The Morgan fingerprint density at radius 2 is 2.24 bits per heavy atom. The Bertz CT molecular complexity index is 465. The smallest absolute Gasteiger partial charge is 0.321 e. The lowest BCUT2D eigenvalue weighted by molar-refractivity contribution is -0.385. The molecule has 1 aliphatic rings. The van der Waals surface area contributed by atoms with Crippen molar-refractivity contribution >= 4 is 23.4 Å². The summed E-state index contributed by atoms with van der Waals surface area (Å²) in [6.07, 6.45) is 0. The van der Waals surface area contributed by atoms with Gasteiger partial charge in [-0.25, -0.2) is 0 Å². The molecule has 2 atom stereocenters. The summed E-state index contributed by atoms with van der Waals surface area (Å²) in [5.74, 6) is -0.523. The monoisotopic (exact) mass is 254 g/mol. The van der Waals surface area contributed by atoms with Crippen LogP contribution in [0.1, 0.15) is 10.9 Å². The molecule has 0 aliphatic carbocycles. The van der Waals surface area contributed by atoms with Crippen LogP contribution in [-0.4, -0.2) is 27.8 Å². The van der Waals surface area contributed by atoms with Crippen LogP contribution >= 0.6 is 11.8 Å². The molecule has 1 heterocycles. The number of rotatable bonds is 3. The number of carbonyl (C=O) groups is 1. The summed E-state index contributed by atoms with van der Waals surface area (Å²) in [5.41, 5.74) is 0.537. The van der Waals surface area contributed by atoms with Crippen LogP contribution in [0, 0.1) is 10.1 Å². The summed E-state index contributed by atoms with van der Waals surface area (Å²) in [6.45, 7) is 0. The van der Waals surface area contributed by atoms with Gasteiger partial charge in [-0.2, -0.15) is 0 Å². The lowest BCUT2D eigenvalue weighted by Gasteiger charge is -2.11. The lowest BCUT2D eigenvalue weighted by Crippen LogP contribution is -2.33. The molecule has 2 rings (SSSR count). The molecule has 0 amide bonds. The van der Waals surface area contributed by atoms with Crippen LogP contribution in [0.4, 0.5) is 5.69 Å². The van der Waals surface area contributed by atoms with Gasteiger partial charge < -0.3 is 5.11 Å². The van der Waals surface area contributed by atoms with Crippen LogP contribution in [0.15, 0.2) is 24.3 Å².